The summed E-state index contributed by atoms with van der Waals surface area (Å²) in [5.74, 6) is 1.76. The van der Waals surface area contributed by atoms with Gasteiger partial charge in [0, 0.05) is 24.2 Å². The van der Waals surface area contributed by atoms with E-state index in [1.54, 1.807) is 14.2 Å². The maximum Gasteiger partial charge on any atom is 0.187 e. The number of methoxy groups -OCH3 is 2. The molecule has 154 valence electrons. The minimum Gasteiger partial charge on any atom is -0.497 e. The quantitative estimate of drug-likeness (QED) is 0.652. The topological polar surface area (TPSA) is 38.8 Å². The van der Waals surface area contributed by atoms with Crippen LogP contribution < -0.4 is 9.47 Å². The second-order valence-electron chi connectivity index (χ2n) is 7.15. The molecule has 0 bridgehead atoms. The van der Waals surface area contributed by atoms with Crippen LogP contribution in [0.15, 0.2) is 84.0 Å². The van der Waals surface area contributed by atoms with Gasteiger partial charge in [-0.25, -0.2) is 0 Å². The molecule has 1 fully saturated rings. The van der Waals surface area contributed by atoms with Gasteiger partial charge in [0.15, 0.2) is 5.78 Å². The summed E-state index contributed by atoms with van der Waals surface area (Å²) < 4.78 is 10.3. The molecule has 1 saturated heterocycles. The maximum absolute atomic E-state index is 12.9. The highest BCUT2D eigenvalue weighted by molar-refractivity contribution is 6.10. The second-order valence-corrected chi connectivity index (χ2v) is 7.15. The van der Waals surface area contributed by atoms with E-state index in [2.05, 4.69) is 4.90 Å². The van der Waals surface area contributed by atoms with Crippen LogP contribution in [-0.4, -0.2) is 45.0 Å². The smallest absolute Gasteiger partial charge is 0.187 e. The molecule has 4 nitrogen and oxygen atoms in total. The molecule has 1 aliphatic heterocycles. The number of piperidine rings is 1. The summed E-state index contributed by atoms with van der Waals surface area (Å²) in [5, 5.41) is 0. The van der Waals surface area contributed by atoms with Crippen LogP contribution in [0.3, 0.4) is 0 Å². The minimum atomic E-state index is 0.104. The van der Waals surface area contributed by atoms with Gasteiger partial charge in [0.05, 0.1) is 14.2 Å². The van der Waals surface area contributed by atoms with Gasteiger partial charge >= 0.3 is 0 Å². The number of Topliss-reactive ketones (excluding diaryl/α,β-unsaturated/α-hetero) is 1. The summed E-state index contributed by atoms with van der Waals surface area (Å²) in [4.78, 5) is 15.0. The highest BCUT2D eigenvalue weighted by Gasteiger charge is 2.22. The summed E-state index contributed by atoms with van der Waals surface area (Å²) in [7, 11) is 5.32. The van der Waals surface area contributed by atoms with Gasteiger partial charge in [-0.05, 0) is 42.4 Å². The summed E-state index contributed by atoms with van der Waals surface area (Å²) in [5.41, 5.74) is 3.69. The van der Waals surface area contributed by atoms with Crippen molar-refractivity contribution in [3.8, 4) is 11.5 Å². The van der Waals surface area contributed by atoms with Crippen LogP contribution in [0.1, 0.15) is 11.1 Å². The predicted molar refractivity (Wildman–Crippen MR) is 123 cm³/mol. The van der Waals surface area contributed by atoms with Crippen molar-refractivity contribution in [1.29, 1.82) is 0 Å². The van der Waals surface area contributed by atoms with Crippen LogP contribution >= 0.6 is 0 Å². The minimum absolute atomic E-state index is 0.104. The van der Waals surface area contributed by atoms with E-state index in [1.807, 2.05) is 92.0 Å². The molecule has 0 radical (unpaired) electrons. The van der Waals surface area contributed by atoms with Gasteiger partial charge in [-0.2, -0.15) is 0 Å². The first-order chi connectivity index (χ1) is 14.6. The Bertz CT molecular complexity index is 900. The number of likely N-dealkylation sites (tertiary alicyclic amines) is 1. The first-order valence-corrected chi connectivity index (χ1v) is 9.85. The van der Waals surface area contributed by atoms with Crippen molar-refractivity contribution in [2.75, 3.05) is 34.4 Å². The standard InChI is InChI=1S/C26H27NO3/c1-27-18-22(8-4-6-20-10-14-24(29-2)15-11-20)26(28)23(19-27)9-5-7-21-12-16-25(30-3)17-13-21/h4-17H,18-19H2,1-3H3/b6-4+,7-5+,22-8-,23-9-. The van der Waals surface area contributed by atoms with Crippen molar-refractivity contribution in [2.24, 2.45) is 0 Å². The Morgan fingerprint density at radius 1 is 0.733 bits per heavy atom. The molecule has 1 heterocycles. The van der Waals surface area contributed by atoms with Crippen LogP contribution in [0.2, 0.25) is 0 Å². The van der Waals surface area contributed by atoms with E-state index in [9.17, 15) is 4.79 Å². The first kappa shape index (κ1) is 21.3. The van der Waals surface area contributed by atoms with Gasteiger partial charge < -0.3 is 9.47 Å². The van der Waals surface area contributed by atoms with E-state index >= 15 is 0 Å². The predicted octanol–water partition coefficient (Wildman–Crippen LogP) is 4.80. The number of carbonyl (C=O) groups excluding carboxylic acids is 1. The van der Waals surface area contributed by atoms with Crippen molar-refractivity contribution < 1.29 is 14.3 Å². The maximum atomic E-state index is 12.9. The van der Waals surface area contributed by atoms with Gasteiger partial charge in [0.25, 0.3) is 0 Å². The number of hydrogen-bond acceptors (Lipinski definition) is 4. The van der Waals surface area contributed by atoms with E-state index < -0.39 is 0 Å². The molecule has 0 atom stereocenters. The lowest BCUT2D eigenvalue weighted by atomic mass is 9.97. The van der Waals surface area contributed by atoms with Gasteiger partial charge in [-0.1, -0.05) is 60.7 Å². The first-order valence-electron chi connectivity index (χ1n) is 9.85. The Labute approximate surface area is 178 Å². The molecule has 0 aliphatic carbocycles. The molecule has 2 aromatic carbocycles. The molecule has 0 N–H and O–H groups in total. The van der Waals surface area contributed by atoms with Gasteiger partial charge in [-0.3, -0.25) is 9.69 Å². The Morgan fingerprint density at radius 3 is 1.50 bits per heavy atom. The summed E-state index contributed by atoms with van der Waals surface area (Å²) >= 11 is 0. The molecule has 0 spiro atoms. The Hall–Kier alpha value is -3.37. The number of ketones is 1. The van der Waals surface area contributed by atoms with E-state index in [4.69, 9.17) is 9.47 Å². The number of nitrogens with zero attached hydrogens (tertiary/aromatic N) is 1. The van der Waals surface area contributed by atoms with Gasteiger partial charge in [0.2, 0.25) is 0 Å². The van der Waals surface area contributed by atoms with Crippen LogP contribution in [0.4, 0.5) is 0 Å². The Morgan fingerprint density at radius 2 is 1.13 bits per heavy atom. The van der Waals surface area contributed by atoms with E-state index in [0.29, 0.717) is 13.1 Å². The number of allylic oxidation sites excluding steroid dienone is 4. The zero-order chi connectivity index (χ0) is 21.3. The van der Waals surface area contributed by atoms with Crippen molar-refractivity contribution in [1.82, 2.24) is 4.90 Å². The average molecular weight is 402 g/mol. The van der Waals surface area contributed by atoms with Crippen LogP contribution in [0.5, 0.6) is 11.5 Å². The van der Waals surface area contributed by atoms with Crippen LogP contribution in [0.25, 0.3) is 12.2 Å². The third-order valence-corrected chi connectivity index (χ3v) is 4.87. The van der Waals surface area contributed by atoms with Crippen LogP contribution in [0, 0.1) is 0 Å². The number of likely N-dealkylation sites (N-methyl/N-ethyl adjacent to an activating group) is 1. The highest BCUT2D eigenvalue weighted by atomic mass is 16.5. The number of benzene rings is 2. The molecule has 0 saturated carbocycles. The average Bonchev–Trinajstić information content (AvgIpc) is 2.77. The summed E-state index contributed by atoms with van der Waals surface area (Å²) in [6, 6.07) is 15.6. The van der Waals surface area contributed by atoms with E-state index in [1.165, 1.54) is 0 Å². The second kappa shape index (κ2) is 10.4. The molecular weight excluding hydrogens is 374 g/mol. The number of rotatable bonds is 6. The number of carbonyl (C=O) groups is 1. The largest absolute Gasteiger partial charge is 0.497 e. The fourth-order valence-corrected chi connectivity index (χ4v) is 3.22. The SMILES string of the molecule is COc1ccc(/C=C/C=C2/CN(C)C/C(=C/C=C/c3ccc(OC)cc3)C2=O)cc1. The fourth-order valence-electron chi connectivity index (χ4n) is 3.22. The molecular formula is C26H27NO3. The molecule has 0 amide bonds. The zero-order valence-corrected chi connectivity index (χ0v) is 17.7. The molecule has 1 aliphatic rings. The molecule has 0 unspecified atom stereocenters. The Kier molecular flexibility index (Phi) is 7.41. The van der Waals surface area contributed by atoms with Crippen LogP contribution in [-0.2, 0) is 4.79 Å². The van der Waals surface area contributed by atoms with E-state index in [0.717, 1.165) is 33.8 Å². The fraction of sp³-hybridized carbons (Fsp3) is 0.192. The normalized spacial score (nSPS) is 18.0. The third kappa shape index (κ3) is 5.82. The monoisotopic (exact) mass is 401 g/mol. The Balaban J connectivity index is 1.69. The van der Waals surface area contributed by atoms with Crippen molar-refractivity contribution in [3.63, 3.8) is 0 Å². The number of hydrogen-bond donors (Lipinski definition) is 0. The van der Waals surface area contributed by atoms with Crippen molar-refractivity contribution in [2.45, 2.75) is 0 Å². The summed E-state index contributed by atoms with van der Waals surface area (Å²) in [6.07, 6.45) is 11.6. The van der Waals surface area contributed by atoms with Gasteiger partial charge in [0.1, 0.15) is 11.5 Å². The lowest BCUT2D eigenvalue weighted by molar-refractivity contribution is -0.113. The van der Waals surface area contributed by atoms with Crippen molar-refractivity contribution in [3.05, 3.63) is 95.1 Å². The lowest BCUT2D eigenvalue weighted by Crippen LogP contribution is -2.34. The number of ether oxygens (including phenoxy) is 2. The summed E-state index contributed by atoms with van der Waals surface area (Å²) in [6.45, 7) is 1.29. The zero-order valence-electron chi connectivity index (χ0n) is 17.7. The molecule has 4 heteroatoms. The highest BCUT2D eigenvalue weighted by Crippen LogP contribution is 2.18. The molecule has 30 heavy (non-hydrogen) atoms. The van der Waals surface area contributed by atoms with Crippen molar-refractivity contribution >= 4 is 17.9 Å². The molecule has 3 rings (SSSR count). The lowest BCUT2D eigenvalue weighted by Gasteiger charge is -2.25. The third-order valence-electron chi connectivity index (χ3n) is 4.87. The van der Waals surface area contributed by atoms with Gasteiger partial charge in [-0.15, -0.1) is 0 Å². The van der Waals surface area contributed by atoms with E-state index in [-0.39, 0.29) is 5.78 Å². The molecule has 0 aromatic heterocycles. The molecule has 2 aromatic rings.